The fourth-order valence-electron chi connectivity index (χ4n) is 14.0. The Labute approximate surface area is 350 Å². The van der Waals surface area contributed by atoms with E-state index in [2.05, 4.69) is 164 Å². The average molecular weight is 769 g/mol. The Morgan fingerprint density at radius 3 is 1.62 bits per heavy atom. The van der Waals surface area contributed by atoms with Gasteiger partial charge in [-0.15, -0.1) is 0 Å². The maximum absolute atomic E-state index is 6.27. The van der Waals surface area contributed by atoms with Crippen molar-refractivity contribution in [2.45, 2.75) is 44.4 Å². The molecule has 5 aliphatic carbocycles. The van der Waals surface area contributed by atoms with Gasteiger partial charge in [-0.25, -0.2) is 0 Å². The molecule has 286 valence electrons. The number of hydrogen-bond acceptors (Lipinski definition) is 1. The maximum Gasteiger partial charge on any atom is 0.136 e. The zero-order valence-corrected chi connectivity index (χ0v) is 33.6. The molecule has 0 aliphatic heterocycles. The molecular formula is C59H44O. The lowest BCUT2D eigenvalue weighted by Crippen LogP contribution is -2.48. The van der Waals surface area contributed by atoms with E-state index in [0.717, 1.165) is 34.3 Å². The van der Waals surface area contributed by atoms with Crippen molar-refractivity contribution in [3.8, 4) is 44.5 Å². The van der Waals surface area contributed by atoms with Crippen LogP contribution in [0, 0.1) is 23.2 Å². The zero-order valence-electron chi connectivity index (χ0n) is 33.6. The number of fused-ring (bicyclic) bond motifs is 10. The number of hydrogen-bond donors (Lipinski definition) is 0. The molecule has 0 saturated heterocycles. The largest absolute Gasteiger partial charge is 0.456 e. The minimum Gasteiger partial charge on any atom is -0.456 e. The fraction of sp³-hybridized carbons (Fsp3) is 0.186. The molecule has 5 aliphatic rings. The van der Waals surface area contributed by atoms with Crippen molar-refractivity contribution in [1.29, 1.82) is 0 Å². The van der Waals surface area contributed by atoms with Gasteiger partial charge in [0.05, 0.1) is 0 Å². The maximum atomic E-state index is 6.27. The predicted molar refractivity (Wildman–Crippen MR) is 250 cm³/mol. The molecular weight excluding hydrogens is 725 g/mol. The molecule has 15 rings (SSSR count). The van der Waals surface area contributed by atoms with Gasteiger partial charge in [0.15, 0.2) is 0 Å². The Kier molecular flexibility index (Phi) is 6.85. The van der Waals surface area contributed by atoms with Crippen molar-refractivity contribution in [1.82, 2.24) is 0 Å². The van der Waals surface area contributed by atoms with Crippen LogP contribution in [0.4, 0.5) is 0 Å². The van der Waals surface area contributed by atoms with Gasteiger partial charge in [-0.2, -0.15) is 0 Å². The number of para-hydroxylation sites is 1. The quantitative estimate of drug-likeness (QED) is 0.163. The summed E-state index contributed by atoms with van der Waals surface area (Å²) in [5, 5.41) is 10.3. The number of benzene rings is 9. The van der Waals surface area contributed by atoms with E-state index >= 15 is 0 Å². The minimum absolute atomic E-state index is 0.353. The van der Waals surface area contributed by atoms with E-state index in [9.17, 15) is 0 Å². The van der Waals surface area contributed by atoms with Crippen molar-refractivity contribution in [3.63, 3.8) is 0 Å². The third-order valence-electron chi connectivity index (χ3n) is 15.7. The summed E-state index contributed by atoms with van der Waals surface area (Å²) in [7, 11) is 0. The van der Waals surface area contributed by atoms with Crippen molar-refractivity contribution in [2.75, 3.05) is 0 Å². The molecule has 1 unspecified atom stereocenters. The normalized spacial score (nSPS) is 22.7. The SMILES string of the molecule is c1ccc2c3c(ccc2c1)C(C12CC4CC(CC(C4)C1)C2)c1cc(-c2c4ccccc4c(-c4ccc(-c5cccc6oc7ccccc7c56)cc4)c4ccccc24)ccc1-3. The Bertz CT molecular complexity index is 3320. The highest BCUT2D eigenvalue weighted by molar-refractivity contribution is 6.22. The van der Waals surface area contributed by atoms with Gasteiger partial charge in [0, 0.05) is 16.7 Å². The second kappa shape index (κ2) is 12.3. The smallest absolute Gasteiger partial charge is 0.136 e. The second-order valence-electron chi connectivity index (χ2n) is 19.0. The lowest BCUT2D eigenvalue weighted by molar-refractivity contribution is -0.0612. The molecule has 4 bridgehead atoms. The topological polar surface area (TPSA) is 13.1 Å². The molecule has 1 nitrogen and oxygen atoms in total. The molecule has 0 radical (unpaired) electrons. The highest BCUT2D eigenvalue weighted by Gasteiger charge is 2.56. The van der Waals surface area contributed by atoms with Gasteiger partial charge in [0.2, 0.25) is 0 Å². The molecule has 60 heavy (non-hydrogen) atoms. The molecule has 1 heterocycles. The van der Waals surface area contributed by atoms with Crippen LogP contribution >= 0.6 is 0 Å². The van der Waals surface area contributed by atoms with Crippen LogP contribution in [0.15, 0.2) is 174 Å². The van der Waals surface area contributed by atoms with E-state index < -0.39 is 0 Å². The molecule has 1 heteroatoms. The average Bonchev–Trinajstić information content (AvgIpc) is 3.84. The van der Waals surface area contributed by atoms with Gasteiger partial charge in [-0.1, -0.05) is 152 Å². The van der Waals surface area contributed by atoms with Crippen LogP contribution in [0.5, 0.6) is 0 Å². The first-order valence-corrected chi connectivity index (χ1v) is 22.3. The van der Waals surface area contributed by atoms with Crippen LogP contribution < -0.4 is 0 Å². The Morgan fingerprint density at radius 2 is 0.933 bits per heavy atom. The fourth-order valence-corrected chi connectivity index (χ4v) is 14.0. The molecule has 0 amide bonds. The summed E-state index contributed by atoms with van der Waals surface area (Å²) in [6.07, 6.45) is 8.59. The summed E-state index contributed by atoms with van der Waals surface area (Å²) in [6.45, 7) is 0. The van der Waals surface area contributed by atoms with E-state index in [0.29, 0.717) is 11.3 Å². The molecule has 1 aromatic heterocycles. The predicted octanol–water partition coefficient (Wildman–Crippen LogP) is 16.4. The van der Waals surface area contributed by atoms with Gasteiger partial charge in [0.1, 0.15) is 11.2 Å². The van der Waals surface area contributed by atoms with Crippen LogP contribution in [0.3, 0.4) is 0 Å². The summed E-state index contributed by atoms with van der Waals surface area (Å²) in [6, 6.07) is 64.1. The Balaban J connectivity index is 0.955. The van der Waals surface area contributed by atoms with Crippen LogP contribution in [0.25, 0.3) is 98.8 Å². The molecule has 10 aromatic rings. The van der Waals surface area contributed by atoms with Gasteiger partial charge < -0.3 is 4.42 Å². The first-order valence-electron chi connectivity index (χ1n) is 22.3. The summed E-state index contributed by atoms with van der Waals surface area (Å²) in [5.41, 5.74) is 16.0. The molecule has 1 atom stereocenters. The third-order valence-corrected chi connectivity index (χ3v) is 15.7. The van der Waals surface area contributed by atoms with Crippen LogP contribution in [0.1, 0.15) is 55.6 Å². The lowest BCUT2D eigenvalue weighted by atomic mass is 9.45. The molecule has 4 saturated carbocycles. The van der Waals surface area contributed by atoms with Gasteiger partial charge >= 0.3 is 0 Å². The van der Waals surface area contributed by atoms with Crippen molar-refractivity contribution in [3.05, 3.63) is 181 Å². The summed E-state index contributed by atoms with van der Waals surface area (Å²) in [4.78, 5) is 0. The van der Waals surface area contributed by atoms with E-state index in [1.165, 1.54) is 121 Å². The molecule has 9 aromatic carbocycles. The third kappa shape index (κ3) is 4.64. The number of furan rings is 1. The summed E-state index contributed by atoms with van der Waals surface area (Å²) >= 11 is 0. The van der Waals surface area contributed by atoms with Gasteiger partial charge in [0.25, 0.3) is 0 Å². The molecule has 0 N–H and O–H groups in total. The standard InChI is InChI=1S/C59H44O/c1-2-11-42-38(10-1)24-27-50-56(42)48-26-25-41(31-51(48)58(50)59-32-35-28-36(33-59)30-37(29-35)34-59)55-46-14-5-3-12-44(46)54(45-13-4-6-15-47(45)55)40-22-20-39(21-23-40)43-17-9-19-53-57(43)49-16-7-8-18-52(49)60-53/h1-27,31,35-37,58H,28-30,32-34H2. The minimum atomic E-state index is 0.353. The van der Waals surface area contributed by atoms with E-state index in [1.54, 1.807) is 11.1 Å². The van der Waals surface area contributed by atoms with Gasteiger partial charge in [-0.3, -0.25) is 0 Å². The van der Waals surface area contributed by atoms with Crippen molar-refractivity contribution < 1.29 is 4.42 Å². The molecule has 0 spiro atoms. The van der Waals surface area contributed by atoms with Gasteiger partial charge in [-0.05, 0) is 168 Å². The second-order valence-corrected chi connectivity index (χ2v) is 19.0. The van der Waals surface area contributed by atoms with Crippen molar-refractivity contribution in [2.24, 2.45) is 23.2 Å². The summed E-state index contributed by atoms with van der Waals surface area (Å²) in [5.74, 6) is 3.16. The van der Waals surface area contributed by atoms with Crippen LogP contribution in [-0.4, -0.2) is 0 Å². The lowest BCUT2D eigenvalue weighted by Gasteiger charge is -2.59. The van der Waals surface area contributed by atoms with E-state index in [4.69, 9.17) is 4.42 Å². The van der Waals surface area contributed by atoms with E-state index in [-0.39, 0.29) is 0 Å². The first-order chi connectivity index (χ1) is 29.7. The van der Waals surface area contributed by atoms with Crippen molar-refractivity contribution >= 4 is 54.3 Å². The Morgan fingerprint density at radius 1 is 0.383 bits per heavy atom. The molecule has 4 fully saturated rings. The zero-order chi connectivity index (χ0) is 39.1. The summed E-state index contributed by atoms with van der Waals surface area (Å²) < 4.78 is 6.27. The first kappa shape index (κ1) is 33.4. The Hall–Kier alpha value is -6.44. The highest BCUT2D eigenvalue weighted by atomic mass is 16.3. The monoisotopic (exact) mass is 768 g/mol. The highest BCUT2D eigenvalue weighted by Crippen LogP contribution is 2.69. The van der Waals surface area contributed by atoms with E-state index in [1.807, 2.05) is 6.07 Å². The van der Waals surface area contributed by atoms with Crippen LogP contribution in [0.2, 0.25) is 0 Å². The number of rotatable bonds is 4. The van der Waals surface area contributed by atoms with Crippen LogP contribution in [-0.2, 0) is 0 Å².